The summed E-state index contributed by atoms with van der Waals surface area (Å²) in [5.41, 5.74) is 2.60. The largest absolute Gasteiger partial charge is 0.489 e. The third-order valence-corrected chi connectivity index (χ3v) is 7.20. The van der Waals surface area contributed by atoms with Crippen LogP contribution >= 0.6 is 11.3 Å². The fraction of sp³-hybridized carbons (Fsp3) is 0.143. The molecule has 0 radical (unpaired) electrons. The fourth-order valence-corrected chi connectivity index (χ4v) is 5.20. The van der Waals surface area contributed by atoms with Crippen molar-refractivity contribution in [1.29, 1.82) is 0 Å². The first-order valence-corrected chi connectivity index (χ1v) is 12.9. The van der Waals surface area contributed by atoms with Crippen molar-refractivity contribution in [3.63, 3.8) is 0 Å². The number of ether oxygens (including phenoxy) is 1. The molecule has 3 aromatic heterocycles. The van der Waals surface area contributed by atoms with Gasteiger partial charge in [0.1, 0.15) is 35.7 Å². The average molecular weight is 559 g/mol. The van der Waals surface area contributed by atoms with Crippen LogP contribution in [0.5, 0.6) is 5.75 Å². The van der Waals surface area contributed by atoms with Gasteiger partial charge in [-0.25, -0.2) is 13.8 Å². The van der Waals surface area contributed by atoms with Crippen LogP contribution in [0.3, 0.4) is 0 Å². The van der Waals surface area contributed by atoms with Gasteiger partial charge in [0.15, 0.2) is 4.96 Å². The predicted octanol–water partition coefficient (Wildman–Crippen LogP) is 3.63. The van der Waals surface area contributed by atoms with Crippen molar-refractivity contribution in [3.05, 3.63) is 88.8 Å². The number of hydrogen-bond donors (Lipinski definition) is 1. The molecular weight excluding hydrogens is 538 g/mol. The summed E-state index contributed by atoms with van der Waals surface area (Å²) in [4.78, 5) is 32.6. The summed E-state index contributed by atoms with van der Waals surface area (Å²) in [6.07, 6.45) is 4.91. The molecule has 0 saturated heterocycles. The van der Waals surface area contributed by atoms with Crippen LogP contribution in [0.4, 0.5) is 14.5 Å². The van der Waals surface area contributed by atoms with E-state index in [2.05, 4.69) is 27.2 Å². The van der Waals surface area contributed by atoms with Crippen molar-refractivity contribution in [2.24, 2.45) is 7.05 Å². The van der Waals surface area contributed by atoms with Crippen molar-refractivity contribution < 1.29 is 23.1 Å². The molecule has 0 aliphatic carbocycles. The Morgan fingerprint density at radius 3 is 2.73 bits per heavy atom. The van der Waals surface area contributed by atoms with Crippen LogP contribution in [0.1, 0.15) is 21.6 Å². The Kier molecular flexibility index (Phi) is 6.28. The molecule has 9 nitrogen and oxygen atoms in total. The maximum Gasteiger partial charge on any atom is 0.272 e. The Morgan fingerprint density at radius 1 is 1.12 bits per heavy atom. The maximum absolute atomic E-state index is 14.4. The molecule has 0 fully saturated rings. The van der Waals surface area contributed by atoms with Gasteiger partial charge < -0.3 is 15.0 Å². The van der Waals surface area contributed by atoms with Crippen molar-refractivity contribution in [1.82, 2.24) is 24.5 Å². The minimum absolute atomic E-state index is 0.0424. The van der Waals surface area contributed by atoms with Gasteiger partial charge in [-0.15, -0.1) is 11.3 Å². The Balaban J connectivity index is 1.20. The number of thiazole rings is 1. The van der Waals surface area contributed by atoms with Gasteiger partial charge in [0.05, 0.1) is 23.1 Å². The third-order valence-electron chi connectivity index (χ3n) is 6.36. The number of amides is 2. The molecule has 5 aromatic rings. The molecule has 200 valence electrons. The van der Waals surface area contributed by atoms with Gasteiger partial charge in [0.25, 0.3) is 11.8 Å². The number of hydrogen-bond acceptors (Lipinski definition) is 6. The highest BCUT2D eigenvalue weighted by atomic mass is 32.1. The number of benzene rings is 2. The van der Waals surface area contributed by atoms with Crippen molar-refractivity contribution in [2.75, 3.05) is 18.6 Å². The number of carbonyl (C=O) groups is 2. The zero-order valence-corrected chi connectivity index (χ0v) is 22.0. The van der Waals surface area contributed by atoms with Crippen LogP contribution in [0.15, 0.2) is 60.4 Å². The molecule has 12 heteroatoms. The van der Waals surface area contributed by atoms with Crippen LogP contribution in [0.25, 0.3) is 16.2 Å². The smallest absolute Gasteiger partial charge is 0.272 e. The minimum atomic E-state index is -0.983. The van der Waals surface area contributed by atoms with Gasteiger partial charge in [0, 0.05) is 49.1 Å². The summed E-state index contributed by atoms with van der Waals surface area (Å²) in [6, 6.07) is 7.58. The standard InChI is InChI=1S/C28H20F2N6O3S/c1-34-12-17(11-31-34)4-3-16-5-8-25-23(9-16)35(2)27(38)22(14-39-25)32-26(37)21-13-36-24(15-40-28(36)33-21)19-7-6-18(29)10-20(19)30/h5-13,15,22H,14H2,1-2H3,(H,32,37)/t22-/m0/s1. The van der Waals surface area contributed by atoms with E-state index in [1.165, 1.54) is 28.5 Å². The van der Waals surface area contributed by atoms with E-state index >= 15 is 0 Å². The quantitative estimate of drug-likeness (QED) is 0.342. The number of aryl methyl sites for hydroxylation is 1. The van der Waals surface area contributed by atoms with Crippen LogP contribution in [-0.4, -0.2) is 50.7 Å². The Bertz CT molecular complexity index is 1860. The number of nitrogens with zero attached hydrogens (tertiary/aromatic N) is 5. The second-order valence-electron chi connectivity index (χ2n) is 9.09. The second kappa shape index (κ2) is 9.94. The number of likely N-dealkylation sites (N-methyl/N-ethyl adjacent to an activating group) is 1. The van der Waals surface area contributed by atoms with Gasteiger partial charge in [-0.1, -0.05) is 11.8 Å². The molecule has 1 N–H and O–H groups in total. The van der Waals surface area contributed by atoms with Crippen LogP contribution < -0.4 is 15.0 Å². The number of nitrogens with one attached hydrogen (secondary N) is 1. The number of carbonyl (C=O) groups excluding carboxylic acids is 2. The zero-order chi connectivity index (χ0) is 28.0. The Labute approximate surface area is 230 Å². The van der Waals surface area contributed by atoms with E-state index in [4.69, 9.17) is 4.74 Å². The number of halogens is 2. The van der Waals surface area contributed by atoms with Gasteiger partial charge in [0.2, 0.25) is 0 Å². The first-order valence-electron chi connectivity index (χ1n) is 12.0. The lowest BCUT2D eigenvalue weighted by Crippen LogP contribution is -2.49. The molecule has 0 unspecified atom stereocenters. The zero-order valence-electron chi connectivity index (χ0n) is 21.2. The molecular formula is C28H20F2N6O3S. The topological polar surface area (TPSA) is 93.8 Å². The molecule has 4 heterocycles. The molecule has 1 aliphatic rings. The molecule has 0 spiro atoms. The molecule has 2 amide bonds. The van der Waals surface area contributed by atoms with E-state index in [9.17, 15) is 18.4 Å². The summed E-state index contributed by atoms with van der Waals surface area (Å²) < 4.78 is 36.8. The van der Waals surface area contributed by atoms with E-state index in [0.717, 1.165) is 17.7 Å². The van der Waals surface area contributed by atoms with E-state index in [1.54, 1.807) is 52.1 Å². The van der Waals surface area contributed by atoms with E-state index in [0.29, 0.717) is 27.7 Å². The monoisotopic (exact) mass is 558 g/mol. The molecule has 40 heavy (non-hydrogen) atoms. The average Bonchev–Trinajstić information content (AvgIpc) is 3.64. The van der Waals surface area contributed by atoms with Crippen LogP contribution in [-0.2, 0) is 11.8 Å². The summed E-state index contributed by atoms with van der Waals surface area (Å²) in [5.74, 6) is 4.19. The summed E-state index contributed by atoms with van der Waals surface area (Å²) in [5, 5.41) is 8.46. The predicted molar refractivity (Wildman–Crippen MR) is 144 cm³/mol. The first kappa shape index (κ1) is 25.3. The number of imidazole rings is 1. The van der Waals surface area contributed by atoms with Gasteiger partial charge in [-0.2, -0.15) is 5.10 Å². The number of aromatic nitrogens is 4. The Hall–Kier alpha value is -5.02. The molecule has 1 atom stereocenters. The van der Waals surface area contributed by atoms with Crippen molar-refractivity contribution in [3.8, 4) is 28.8 Å². The first-order chi connectivity index (χ1) is 19.3. The fourth-order valence-electron chi connectivity index (χ4n) is 4.33. The lowest BCUT2D eigenvalue weighted by atomic mass is 10.1. The highest BCUT2D eigenvalue weighted by molar-refractivity contribution is 7.15. The van der Waals surface area contributed by atoms with Crippen LogP contribution in [0.2, 0.25) is 0 Å². The molecule has 2 aromatic carbocycles. The number of rotatable bonds is 3. The molecule has 0 bridgehead atoms. The lowest BCUT2D eigenvalue weighted by Gasteiger charge is -2.20. The number of fused-ring (bicyclic) bond motifs is 2. The van der Waals surface area contributed by atoms with E-state index < -0.39 is 23.6 Å². The Morgan fingerprint density at radius 2 is 1.95 bits per heavy atom. The minimum Gasteiger partial charge on any atom is -0.489 e. The second-order valence-corrected chi connectivity index (χ2v) is 9.93. The normalized spacial score (nSPS) is 14.8. The van der Waals surface area contributed by atoms with E-state index in [1.807, 2.05) is 7.05 Å². The number of anilines is 1. The van der Waals surface area contributed by atoms with Crippen molar-refractivity contribution in [2.45, 2.75) is 6.04 Å². The van der Waals surface area contributed by atoms with Crippen LogP contribution in [0, 0.1) is 23.5 Å². The SMILES string of the molecule is CN1C(=O)[C@@H](NC(=O)c2cn3c(-c4ccc(F)cc4F)csc3n2)COc2ccc(C#Cc3cnn(C)c3)cc21. The summed E-state index contributed by atoms with van der Waals surface area (Å²) in [6.45, 7) is -0.0864. The highest BCUT2D eigenvalue weighted by Crippen LogP contribution is 2.32. The molecule has 0 saturated carbocycles. The van der Waals surface area contributed by atoms with Gasteiger partial charge in [-0.3, -0.25) is 18.7 Å². The molecule has 6 rings (SSSR count). The maximum atomic E-state index is 14.4. The van der Waals surface area contributed by atoms with Gasteiger partial charge in [-0.05, 0) is 30.3 Å². The third kappa shape index (κ3) is 4.67. The van der Waals surface area contributed by atoms with E-state index in [-0.39, 0.29) is 23.8 Å². The molecule has 1 aliphatic heterocycles. The summed E-state index contributed by atoms with van der Waals surface area (Å²) in [7, 11) is 3.41. The summed E-state index contributed by atoms with van der Waals surface area (Å²) >= 11 is 1.20. The lowest BCUT2D eigenvalue weighted by molar-refractivity contribution is -0.120. The van der Waals surface area contributed by atoms with Crippen molar-refractivity contribution >= 4 is 33.8 Å². The van der Waals surface area contributed by atoms with Gasteiger partial charge >= 0.3 is 0 Å². The highest BCUT2D eigenvalue weighted by Gasteiger charge is 2.31.